The van der Waals surface area contributed by atoms with E-state index in [1.807, 2.05) is 38.1 Å². The number of aryl methyl sites for hydroxylation is 2. The zero-order chi connectivity index (χ0) is 21.3. The first-order chi connectivity index (χ1) is 14.4. The average Bonchev–Trinajstić information content (AvgIpc) is 3.00. The SMILES string of the molecule is Cc1ccc(Sc2nccn3c(=O)n(CC(=O)Nc4cccc(Br)c4)nc23)c(C)c1. The van der Waals surface area contributed by atoms with Crippen molar-refractivity contribution in [3.8, 4) is 0 Å². The van der Waals surface area contributed by atoms with Crippen molar-refractivity contribution in [2.75, 3.05) is 5.32 Å². The Morgan fingerprint density at radius 1 is 1.20 bits per heavy atom. The average molecular weight is 484 g/mol. The van der Waals surface area contributed by atoms with Crippen LogP contribution in [0, 0.1) is 13.8 Å². The molecule has 2 aromatic heterocycles. The first-order valence-corrected chi connectivity index (χ1v) is 10.8. The summed E-state index contributed by atoms with van der Waals surface area (Å²) in [5.74, 6) is -0.338. The second kappa shape index (κ2) is 8.45. The summed E-state index contributed by atoms with van der Waals surface area (Å²) in [6, 6.07) is 13.4. The first kappa shape index (κ1) is 20.4. The monoisotopic (exact) mass is 483 g/mol. The number of halogens is 1. The van der Waals surface area contributed by atoms with Gasteiger partial charge in [-0.15, -0.1) is 5.10 Å². The van der Waals surface area contributed by atoms with Gasteiger partial charge in [0.05, 0.1) is 0 Å². The van der Waals surface area contributed by atoms with Crippen molar-refractivity contribution in [3.05, 3.63) is 80.9 Å². The molecule has 152 valence electrons. The van der Waals surface area contributed by atoms with Gasteiger partial charge in [-0.1, -0.05) is 51.5 Å². The third-order valence-corrected chi connectivity index (χ3v) is 6.06. The zero-order valence-electron chi connectivity index (χ0n) is 16.3. The Labute approximate surface area is 185 Å². The summed E-state index contributed by atoms with van der Waals surface area (Å²) in [6.07, 6.45) is 3.12. The third kappa shape index (κ3) is 4.31. The highest BCUT2D eigenvalue weighted by molar-refractivity contribution is 9.10. The molecule has 0 aliphatic rings. The fraction of sp³-hybridized carbons (Fsp3) is 0.143. The van der Waals surface area contributed by atoms with Crippen molar-refractivity contribution < 1.29 is 4.79 Å². The van der Waals surface area contributed by atoms with E-state index in [4.69, 9.17) is 0 Å². The number of nitrogens with one attached hydrogen (secondary N) is 1. The minimum atomic E-state index is -0.390. The zero-order valence-corrected chi connectivity index (χ0v) is 18.7. The number of rotatable bonds is 5. The Hall–Kier alpha value is -2.91. The van der Waals surface area contributed by atoms with Gasteiger partial charge in [-0.05, 0) is 43.7 Å². The van der Waals surface area contributed by atoms with Crippen LogP contribution in [0.25, 0.3) is 5.65 Å². The molecule has 4 aromatic rings. The molecule has 0 unspecified atom stereocenters. The number of fused-ring (bicyclic) bond motifs is 1. The number of hydrogen-bond donors (Lipinski definition) is 1. The number of amides is 1. The van der Waals surface area contributed by atoms with Crippen LogP contribution in [0.1, 0.15) is 11.1 Å². The van der Waals surface area contributed by atoms with E-state index in [-0.39, 0.29) is 18.1 Å². The van der Waals surface area contributed by atoms with Gasteiger partial charge in [0, 0.05) is 27.4 Å². The summed E-state index contributed by atoms with van der Waals surface area (Å²) >= 11 is 4.81. The predicted octanol–water partition coefficient (Wildman–Crippen LogP) is 4.06. The Morgan fingerprint density at radius 3 is 2.80 bits per heavy atom. The Morgan fingerprint density at radius 2 is 2.03 bits per heavy atom. The minimum Gasteiger partial charge on any atom is -0.324 e. The van der Waals surface area contributed by atoms with E-state index in [2.05, 4.69) is 37.4 Å². The van der Waals surface area contributed by atoms with Crippen LogP contribution in [-0.4, -0.2) is 25.1 Å². The van der Waals surface area contributed by atoms with Gasteiger partial charge in [0.15, 0.2) is 5.65 Å². The molecule has 0 spiro atoms. The van der Waals surface area contributed by atoms with Crippen molar-refractivity contribution in [2.24, 2.45) is 0 Å². The van der Waals surface area contributed by atoms with Crippen molar-refractivity contribution >= 4 is 44.9 Å². The molecule has 30 heavy (non-hydrogen) atoms. The molecule has 0 aliphatic carbocycles. The summed E-state index contributed by atoms with van der Waals surface area (Å²) in [7, 11) is 0. The molecule has 0 saturated heterocycles. The smallest absolute Gasteiger partial charge is 0.324 e. The lowest BCUT2D eigenvalue weighted by Crippen LogP contribution is -2.28. The maximum absolute atomic E-state index is 12.7. The van der Waals surface area contributed by atoms with Gasteiger partial charge in [-0.25, -0.2) is 18.9 Å². The number of carbonyl (C=O) groups excluding carboxylic acids is 1. The van der Waals surface area contributed by atoms with Crippen molar-refractivity contribution in [1.82, 2.24) is 19.2 Å². The largest absolute Gasteiger partial charge is 0.350 e. The predicted molar refractivity (Wildman–Crippen MR) is 120 cm³/mol. The number of nitrogens with zero attached hydrogens (tertiary/aromatic N) is 4. The summed E-state index contributed by atoms with van der Waals surface area (Å²) in [6.45, 7) is 3.88. The molecule has 2 heterocycles. The summed E-state index contributed by atoms with van der Waals surface area (Å²) in [5.41, 5.74) is 2.97. The third-order valence-electron chi connectivity index (χ3n) is 4.41. The maximum atomic E-state index is 12.7. The summed E-state index contributed by atoms with van der Waals surface area (Å²) < 4.78 is 3.41. The molecule has 0 radical (unpaired) electrons. The summed E-state index contributed by atoms with van der Waals surface area (Å²) in [4.78, 5) is 30.6. The molecule has 1 amide bonds. The van der Waals surface area contributed by atoms with Gasteiger partial charge in [0.1, 0.15) is 11.6 Å². The van der Waals surface area contributed by atoms with Crippen molar-refractivity contribution in [1.29, 1.82) is 0 Å². The number of aromatic nitrogens is 4. The van der Waals surface area contributed by atoms with Crippen LogP contribution in [0.4, 0.5) is 5.69 Å². The van der Waals surface area contributed by atoms with Gasteiger partial charge in [-0.2, -0.15) is 0 Å². The molecule has 0 fully saturated rings. The van der Waals surface area contributed by atoms with Crippen LogP contribution in [0.5, 0.6) is 0 Å². The molecular weight excluding hydrogens is 466 g/mol. The fourth-order valence-corrected chi connectivity index (χ4v) is 4.33. The van der Waals surface area contributed by atoms with E-state index < -0.39 is 0 Å². The molecule has 0 aliphatic heterocycles. The molecule has 0 saturated carbocycles. The minimum absolute atomic E-state index is 0.194. The van der Waals surface area contributed by atoms with Gasteiger partial charge in [0.2, 0.25) is 5.91 Å². The molecule has 7 nitrogen and oxygen atoms in total. The highest BCUT2D eigenvalue weighted by Gasteiger charge is 2.16. The second-order valence-corrected chi connectivity index (χ2v) is 8.74. The van der Waals surface area contributed by atoms with Gasteiger partial charge in [-0.3, -0.25) is 4.79 Å². The first-order valence-electron chi connectivity index (χ1n) is 9.15. The van der Waals surface area contributed by atoms with Gasteiger partial charge in [0.25, 0.3) is 0 Å². The number of benzene rings is 2. The lowest BCUT2D eigenvalue weighted by molar-refractivity contribution is -0.117. The highest BCUT2D eigenvalue weighted by Crippen LogP contribution is 2.31. The van der Waals surface area contributed by atoms with Crippen molar-refractivity contribution in [2.45, 2.75) is 30.3 Å². The van der Waals surface area contributed by atoms with Crippen LogP contribution in [0.3, 0.4) is 0 Å². The van der Waals surface area contributed by atoms with E-state index in [1.54, 1.807) is 24.5 Å². The highest BCUT2D eigenvalue weighted by atomic mass is 79.9. The lowest BCUT2D eigenvalue weighted by Gasteiger charge is -2.06. The van der Waals surface area contributed by atoms with Crippen molar-refractivity contribution in [3.63, 3.8) is 0 Å². The van der Waals surface area contributed by atoms with E-state index >= 15 is 0 Å². The lowest BCUT2D eigenvalue weighted by atomic mass is 10.2. The Kier molecular flexibility index (Phi) is 5.74. The molecule has 2 aromatic carbocycles. The molecular formula is C21H18BrN5O2S. The molecule has 4 rings (SSSR count). The number of anilines is 1. The molecule has 1 N–H and O–H groups in total. The second-order valence-electron chi connectivity index (χ2n) is 6.80. The normalized spacial score (nSPS) is 11.0. The molecule has 0 atom stereocenters. The van der Waals surface area contributed by atoms with E-state index in [0.717, 1.165) is 19.6 Å². The van der Waals surface area contributed by atoms with Crippen LogP contribution >= 0.6 is 27.7 Å². The summed E-state index contributed by atoms with van der Waals surface area (Å²) in [5, 5.41) is 7.74. The Balaban J connectivity index is 1.61. The standard InChI is InChI=1S/C21H18BrN5O2S/c1-13-6-7-17(14(2)10-13)30-20-19-25-27(21(29)26(19)9-8-23-20)12-18(28)24-16-5-3-4-15(22)11-16/h3-11H,12H2,1-2H3,(H,24,28). The van der Waals surface area contributed by atoms with Gasteiger partial charge >= 0.3 is 5.69 Å². The number of carbonyl (C=O) groups is 1. The van der Waals surface area contributed by atoms with Gasteiger partial charge < -0.3 is 5.32 Å². The van der Waals surface area contributed by atoms with E-state index in [1.165, 1.54) is 21.7 Å². The quantitative estimate of drug-likeness (QED) is 0.462. The maximum Gasteiger partial charge on any atom is 0.350 e. The van der Waals surface area contributed by atoms with Crippen LogP contribution < -0.4 is 11.0 Å². The Bertz CT molecular complexity index is 1310. The van der Waals surface area contributed by atoms with Crippen LogP contribution in [0.2, 0.25) is 0 Å². The molecule has 9 heteroatoms. The number of hydrogen-bond acceptors (Lipinski definition) is 5. The van der Waals surface area contributed by atoms with Crippen LogP contribution in [-0.2, 0) is 11.3 Å². The van der Waals surface area contributed by atoms with Crippen LogP contribution in [0.15, 0.2) is 74.0 Å². The topological polar surface area (TPSA) is 81.3 Å². The molecule has 0 bridgehead atoms. The fourth-order valence-electron chi connectivity index (χ4n) is 3.02. The van der Waals surface area contributed by atoms with E-state index in [9.17, 15) is 9.59 Å². The van der Waals surface area contributed by atoms with E-state index in [0.29, 0.717) is 16.4 Å².